The summed E-state index contributed by atoms with van der Waals surface area (Å²) in [4.78, 5) is 12.7. The summed E-state index contributed by atoms with van der Waals surface area (Å²) in [5.74, 6) is 0.532. The van der Waals surface area contributed by atoms with Gasteiger partial charge in [-0.1, -0.05) is 69.9 Å². The third kappa shape index (κ3) is 8.17. The van der Waals surface area contributed by atoms with Crippen LogP contribution in [-0.2, 0) is 4.79 Å². The minimum atomic E-state index is -0.256. The molecule has 0 atom stereocenters. The number of benzene rings is 1. The number of ether oxygens (including phenoxy) is 1. The molecule has 0 bridgehead atoms. The fourth-order valence-electron chi connectivity index (χ4n) is 3.71. The van der Waals surface area contributed by atoms with Gasteiger partial charge in [-0.05, 0) is 43.5 Å². The van der Waals surface area contributed by atoms with Gasteiger partial charge in [0.15, 0.2) is 0 Å². The Morgan fingerprint density at radius 2 is 1.57 bits per heavy atom. The number of hydrogen-bond acceptors (Lipinski definition) is 3. The van der Waals surface area contributed by atoms with Gasteiger partial charge in [0.25, 0.3) is 5.91 Å². The molecule has 1 saturated carbocycles. The van der Waals surface area contributed by atoms with Crippen LogP contribution in [-0.4, -0.2) is 18.6 Å². The van der Waals surface area contributed by atoms with Crippen LogP contribution in [0.25, 0.3) is 6.08 Å². The summed E-state index contributed by atoms with van der Waals surface area (Å²) in [7, 11) is 0. The summed E-state index contributed by atoms with van der Waals surface area (Å²) in [5, 5.41) is 12.6. The number of nitriles is 1. The lowest BCUT2D eigenvalue weighted by Crippen LogP contribution is -2.35. The predicted octanol–water partition coefficient (Wildman–Crippen LogP) is 5.78. The number of carbonyl (C=O) groups excluding carboxylic acids is 1. The van der Waals surface area contributed by atoms with Crippen molar-refractivity contribution in [1.82, 2.24) is 5.32 Å². The molecule has 4 heteroatoms. The largest absolute Gasteiger partial charge is 0.494 e. The second kappa shape index (κ2) is 13.0. The zero-order valence-corrected chi connectivity index (χ0v) is 17.2. The second-order valence-corrected chi connectivity index (χ2v) is 7.60. The summed E-state index contributed by atoms with van der Waals surface area (Å²) in [6.07, 6.45) is 15.1. The molecular weight excluding hydrogens is 348 g/mol. The Morgan fingerprint density at radius 1 is 1.04 bits per heavy atom. The van der Waals surface area contributed by atoms with Crippen molar-refractivity contribution < 1.29 is 9.53 Å². The normalized spacial score (nSPS) is 17.6. The highest BCUT2D eigenvalue weighted by Crippen LogP contribution is 2.18. The predicted molar refractivity (Wildman–Crippen MR) is 114 cm³/mol. The minimum Gasteiger partial charge on any atom is -0.494 e. The number of carbonyl (C=O) groups is 1. The molecule has 152 valence electrons. The lowest BCUT2D eigenvalue weighted by molar-refractivity contribution is -0.117. The molecule has 1 aliphatic rings. The van der Waals surface area contributed by atoms with Gasteiger partial charge >= 0.3 is 0 Å². The molecule has 1 aromatic rings. The average Bonchev–Trinajstić information content (AvgIpc) is 2.69. The zero-order valence-electron chi connectivity index (χ0n) is 17.2. The molecule has 28 heavy (non-hydrogen) atoms. The van der Waals surface area contributed by atoms with Crippen LogP contribution in [0.1, 0.15) is 83.1 Å². The summed E-state index contributed by atoms with van der Waals surface area (Å²) < 4.78 is 5.43. The monoisotopic (exact) mass is 382 g/mol. The van der Waals surface area contributed by atoms with Crippen molar-refractivity contribution >= 4 is 12.0 Å². The Bertz CT molecular complexity index is 646. The number of rotatable bonds is 5. The van der Waals surface area contributed by atoms with Crippen molar-refractivity contribution in [3.8, 4) is 11.8 Å². The third-order valence-corrected chi connectivity index (χ3v) is 5.31. The van der Waals surface area contributed by atoms with Crippen LogP contribution in [0, 0.1) is 11.3 Å². The van der Waals surface area contributed by atoms with E-state index in [1.54, 1.807) is 6.08 Å². The Labute approximate surface area is 170 Å². The molecule has 1 N–H and O–H groups in total. The van der Waals surface area contributed by atoms with Crippen molar-refractivity contribution in [1.29, 1.82) is 5.26 Å². The highest BCUT2D eigenvalue weighted by Gasteiger charge is 2.16. The Morgan fingerprint density at radius 3 is 2.07 bits per heavy atom. The van der Waals surface area contributed by atoms with Crippen molar-refractivity contribution in [3.05, 3.63) is 35.4 Å². The van der Waals surface area contributed by atoms with Crippen LogP contribution in [0.3, 0.4) is 0 Å². The maximum atomic E-state index is 12.7. The summed E-state index contributed by atoms with van der Waals surface area (Å²) in [6, 6.07) is 9.68. The number of hydrogen-bond donors (Lipinski definition) is 1. The molecule has 0 heterocycles. The molecule has 0 saturated heterocycles. The van der Waals surface area contributed by atoms with E-state index in [9.17, 15) is 10.1 Å². The Hall–Kier alpha value is -2.28. The van der Waals surface area contributed by atoms with E-state index >= 15 is 0 Å². The van der Waals surface area contributed by atoms with Gasteiger partial charge in [-0.15, -0.1) is 0 Å². The van der Waals surface area contributed by atoms with Crippen LogP contribution in [0.4, 0.5) is 0 Å². The van der Waals surface area contributed by atoms with Gasteiger partial charge < -0.3 is 10.1 Å². The van der Waals surface area contributed by atoms with Crippen LogP contribution in [0.15, 0.2) is 29.8 Å². The topological polar surface area (TPSA) is 62.1 Å². The van der Waals surface area contributed by atoms with Crippen molar-refractivity contribution in [2.75, 3.05) is 6.61 Å². The standard InChI is InChI=1S/C24H34N2O2/c1-2-28-23-16-14-20(15-17-23)18-21(19-25)24(27)26-22-12-10-8-6-4-3-5-7-9-11-13-22/h14-18,22H,2-13H2,1H3,(H,26,27)/b21-18+. The molecule has 1 fully saturated rings. The molecule has 0 radical (unpaired) electrons. The summed E-state index contributed by atoms with van der Waals surface area (Å²) >= 11 is 0. The highest BCUT2D eigenvalue weighted by molar-refractivity contribution is 6.01. The maximum Gasteiger partial charge on any atom is 0.262 e. The van der Waals surface area contributed by atoms with E-state index in [0.717, 1.165) is 37.0 Å². The zero-order chi connectivity index (χ0) is 20.0. The van der Waals surface area contributed by atoms with Crippen LogP contribution < -0.4 is 10.1 Å². The van der Waals surface area contributed by atoms with Crippen LogP contribution >= 0.6 is 0 Å². The number of nitrogens with zero attached hydrogens (tertiary/aromatic N) is 1. The van der Waals surface area contributed by atoms with E-state index in [1.165, 1.54) is 44.9 Å². The first kappa shape index (κ1) is 22.0. The second-order valence-electron chi connectivity index (χ2n) is 7.60. The van der Waals surface area contributed by atoms with Crippen LogP contribution in [0.5, 0.6) is 5.75 Å². The van der Waals surface area contributed by atoms with Gasteiger partial charge in [0.2, 0.25) is 0 Å². The summed E-state index contributed by atoms with van der Waals surface area (Å²) in [5.41, 5.74) is 0.990. The fourth-order valence-corrected chi connectivity index (χ4v) is 3.71. The SMILES string of the molecule is CCOc1ccc(/C=C(\C#N)C(=O)NC2CCCCCCCCCCC2)cc1. The molecule has 4 nitrogen and oxygen atoms in total. The summed E-state index contributed by atoms with van der Waals surface area (Å²) in [6.45, 7) is 2.55. The Kier molecular flexibility index (Phi) is 10.2. The highest BCUT2D eigenvalue weighted by atomic mass is 16.5. The van der Waals surface area contributed by atoms with E-state index in [-0.39, 0.29) is 17.5 Å². The fraction of sp³-hybridized carbons (Fsp3) is 0.583. The van der Waals surface area contributed by atoms with Gasteiger partial charge in [0.05, 0.1) is 6.61 Å². The third-order valence-electron chi connectivity index (χ3n) is 5.31. The van der Waals surface area contributed by atoms with Gasteiger partial charge in [0, 0.05) is 6.04 Å². The van der Waals surface area contributed by atoms with Gasteiger partial charge in [-0.25, -0.2) is 0 Å². The van der Waals surface area contributed by atoms with Gasteiger partial charge in [-0.2, -0.15) is 5.26 Å². The van der Waals surface area contributed by atoms with Crippen molar-refractivity contribution in [2.24, 2.45) is 0 Å². The number of nitrogens with one attached hydrogen (secondary N) is 1. The quantitative estimate of drug-likeness (QED) is 0.518. The molecular formula is C24H34N2O2. The van der Waals surface area contributed by atoms with E-state index in [0.29, 0.717) is 6.61 Å². The van der Waals surface area contributed by atoms with Gasteiger partial charge in [0.1, 0.15) is 17.4 Å². The van der Waals surface area contributed by atoms with E-state index < -0.39 is 0 Å². The maximum absolute atomic E-state index is 12.7. The van der Waals surface area contributed by atoms with E-state index in [1.807, 2.05) is 31.2 Å². The van der Waals surface area contributed by atoms with E-state index in [4.69, 9.17) is 4.74 Å². The average molecular weight is 383 g/mol. The molecule has 1 aromatic carbocycles. The molecule has 1 aliphatic carbocycles. The smallest absolute Gasteiger partial charge is 0.262 e. The van der Waals surface area contributed by atoms with Gasteiger partial charge in [-0.3, -0.25) is 4.79 Å². The Balaban J connectivity index is 1.96. The minimum absolute atomic E-state index is 0.162. The molecule has 2 rings (SSSR count). The molecule has 0 unspecified atom stereocenters. The molecule has 0 spiro atoms. The number of amides is 1. The van der Waals surface area contributed by atoms with E-state index in [2.05, 4.69) is 11.4 Å². The molecule has 1 amide bonds. The molecule has 0 aromatic heterocycles. The lowest BCUT2D eigenvalue weighted by Gasteiger charge is -2.19. The first-order valence-electron chi connectivity index (χ1n) is 10.9. The van der Waals surface area contributed by atoms with Crippen molar-refractivity contribution in [2.45, 2.75) is 83.6 Å². The van der Waals surface area contributed by atoms with Crippen LogP contribution in [0.2, 0.25) is 0 Å². The first-order valence-corrected chi connectivity index (χ1v) is 10.9. The molecule has 0 aliphatic heterocycles. The van der Waals surface area contributed by atoms with Crippen molar-refractivity contribution in [3.63, 3.8) is 0 Å². The first-order chi connectivity index (χ1) is 13.7. The lowest BCUT2D eigenvalue weighted by atomic mass is 9.97.